The van der Waals surface area contributed by atoms with E-state index in [4.69, 9.17) is 9.47 Å². The number of amides is 2. The first-order valence-electron chi connectivity index (χ1n) is 11.4. The van der Waals surface area contributed by atoms with Gasteiger partial charge < -0.3 is 19.3 Å². The molecule has 0 aliphatic carbocycles. The van der Waals surface area contributed by atoms with Crippen LogP contribution in [-0.4, -0.2) is 67.6 Å². The summed E-state index contributed by atoms with van der Waals surface area (Å²) in [7, 11) is 1.58. The average Bonchev–Trinajstić information content (AvgIpc) is 3.09. The van der Waals surface area contributed by atoms with Crippen LogP contribution in [0, 0.1) is 0 Å². The van der Waals surface area contributed by atoms with Crippen LogP contribution >= 0.6 is 0 Å². The largest absolute Gasteiger partial charge is 0.497 e. The molecular formula is C26H31N3O4. The molecule has 2 heterocycles. The summed E-state index contributed by atoms with van der Waals surface area (Å²) >= 11 is 0. The highest BCUT2D eigenvalue weighted by atomic mass is 16.5. The monoisotopic (exact) mass is 449 g/mol. The van der Waals surface area contributed by atoms with Gasteiger partial charge in [0.05, 0.1) is 24.5 Å². The molecule has 2 amide bonds. The van der Waals surface area contributed by atoms with Crippen molar-refractivity contribution in [1.82, 2.24) is 9.80 Å². The molecular weight excluding hydrogens is 418 g/mol. The van der Waals surface area contributed by atoms with Crippen molar-refractivity contribution in [2.75, 3.05) is 44.7 Å². The lowest BCUT2D eigenvalue weighted by atomic mass is 10.0. The molecule has 0 bridgehead atoms. The molecule has 0 atom stereocenters. The summed E-state index contributed by atoms with van der Waals surface area (Å²) in [6.07, 6.45) is 0.0562. The molecule has 2 aromatic rings. The summed E-state index contributed by atoms with van der Waals surface area (Å²) in [6.45, 7) is 10.2. The lowest BCUT2D eigenvalue weighted by Crippen LogP contribution is -2.47. The first-order valence-corrected chi connectivity index (χ1v) is 11.4. The summed E-state index contributed by atoms with van der Waals surface area (Å²) in [4.78, 5) is 33.0. The summed E-state index contributed by atoms with van der Waals surface area (Å²) in [5.74, 6) is 0.808. The molecule has 1 saturated heterocycles. The molecule has 0 N–H and O–H groups in total. The van der Waals surface area contributed by atoms with E-state index in [1.165, 1.54) is 4.90 Å². The zero-order valence-electron chi connectivity index (χ0n) is 19.7. The van der Waals surface area contributed by atoms with Crippen molar-refractivity contribution in [3.63, 3.8) is 0 Å². The van der Waals surface area contributed by atoms with Gasteiger partial charge in [-0.05, 0) is 62.4 Å². The van der Waals surface area contributed by atoms with Gasteiger partial charge in [-0.25, -0.2) is 4.90 Å². The van der Waals surface area contributed by atoms with E-state index in [2.05, 4.69) is 16.7 Å². The molecule has 1 fully saturated rings. The molecule has 7 heteroatoms. The lowest BCUT2D eigenvalue weighted by Gasteiger charge is -2.36. The Hall–Kier alpha value is -3.32. The van der Waals surface area contributed by atoms with E-state index in [-0.39, 0.29) is 17.9 Å². The first kappa shape index (κ1) is 22.9. The first-order chi connectivity index (χ1) is 15.9. The molecule has 174 valence electrons. The summed E-state index contributed by atoms with van der Waals surface area (Å²) in [6, 6.07) is 14.4. The van der Waals surface area contributed by atoms with Crippen LogP contribution in [-0.2, 0) is 9.59 Å². The van der Waals surface area contributed by atoms with Crippen molar-refractivity contribution in [2.45, 2.75) is 26.9 Å². The number of ether oxygens (including phenoxy) is 2. The van der Waals surface area contributed by atoms with E-state index in [9.17, 15) is 9.59 Å². The van der Waals surface area contributed by atoms with E-state index >= 15 is 0 Å². The molecule has 2 aliphatic rings. The van der Waals surface area contributed by atoms with Gasteiger partial charge in [0.15, 0.2) is 0 Å². The molecule has 2 aliphatic heterocycles. The Labute approximate surface area is 195 Å². The number of methoxy groups -OCH3 is 1. The molecule has 33 heavy (non-hydrogen) atoms. The number of carbonyl (C=O) groups is 2. The van der Waals surface area contributed by atoms with E-state index in [0.29, 0.717) is 41.4 Å². The third-order valence-electron chi connectivity index (χ3n) is 6.04. The number of rotatable bonds is 7. The maximum absolute atomic E-state index is 13.7. The number of hydrogen-bond acceptors (Lipinski definition) is 6. The van der Waals surface area contributed by atoms with Crippen LogP contribution in [0.15, 0.2) is 54.2 Å². The number of piperazine rings is 1. The van der Waals surface area contributed by atoms with Crippen molar-refractivity contribution < 1.29 is 19.1 Å². The molecule has 0 aromatic heterocycles. The van der Waals surface area contributed by atoms with E-state index in [1.807, 2.05) is 38.1 Å². The van der Waals surface area contributed by atoms with Crippen LogP contribution in [0.25, 0.3) is 5.57 Å². The second-order valence-electron chi connectivity index (χ2n) is 8.48. The fourth-order valence-electron chi connectivity index (χ4n) is 4.30. The number of anilines is 1. The van der Waals surface area contributed by atoms with Gasteiger partial charge in [0.25, 0.3) is 11.8 Å². The van der Waals surface area contributed by atoms with Crippen molar-refractivity contribution >= 4 is 23.1 Å². The van der Waals surface area contributed by atoms with Crippen molar-refractivity contribution in [1.29, 1.82) is 0 Å². The van der Waals surface area contributed by atoms with Gasteiger partial charge in [-0.2, -0.15) is 0 Å². The topological polar surface area (TPSA) is 62.3 Å². The Kier molecular flexibility index (Phi) is 6.70. The Morgan fingerprint density at radius 3 is 2.00 bits per heavy atom. The van der Waals surface area contributed by atoms with Crippen LogP contribution in [0.4, 0.5) is 5.69 Å². The Morgan fingerprint density at radius 2 is 1.45 bits per heavy atom. The second-order valence-corrected chi connectivity index (χ2v) is 8.48. The number of nitrogens with zero attached hydrogens (tertiary/aromatic N) is 3. The van der Waals surface area contributed by atoms with Gasteiger partial charge in [-0.15, -0.1) is 0 Å². The Morgan fingerprint density at radius 1 is 0.848 bits per heavy atom. The molecule has 4 rings (SSSR count). The van der Waals surface area contributed by atoms with Crippen molar-refractivity contribution in [3.8, 4) is 11.5 Å². The zero-order chi connectivity index (χ0) is 23.5. The minimum absolute atomic E-state index is 0.0562. The maximum Gasteiger partial charge on any atom is 0.282 e. The number of carbonyl (C=O) groups excluding carboxylic acids is 2. The van der Waals surface area contributed by atoms with Gasteiger partial charge in [-0.1, -0.05) is 19.1 Å². The predicted octanol–water partition coefficient (Wildman–Crippen LogP) is 3.40. The molecule has 7 nitrogen and oxygen atoms in total. The third-order valence-corrected chi connectivity index (χ3v) is 6.04. The van der Waals surface area contributed by atoms with Gasteiger partial charge in [0, 0.05) is 26.2 Å². The SMILES string of the molecule is CCN1CCN(C2=C(c3ccc(OC(C)C)cc3)C(=O)N(c3ccc(OC)cc3)C2=O)CC1. The highest BCUT2D eigenvalue weighted by molar-refractivity contribution is 6.45. The molecule has 0 radical (unpaired) electrons. The minimum atomic E-state index is -0.310. The average molecular weight is 450 g/mol. The van der Waals surface area contributed by atoms with Crippen LogP contribution < -0.4 is 14.4 Å². The minimum Gasteiger partial charge on any atom is -0.497 e. The fourth-order valence-corrected chi connectivity index (χ4v) is 4.30. The van der Waals surface area contributed by atoms with Crippen molar-refractivity contribution in [2.24, 2.45) is 0 Å². The van der Waals surface area contributed by atoms with E-state index in [1.54, 1.807) is 31.4 Å². The van der Waals surface area contributed by atoms with Gasteiger partial charge in [0.2, 0.25) is 0 Å². The highest BCUT2D eigenvalue weighted by Gasteiger charge is 2.43. The van der Waals surface area contributed by atoms with Crippen LogP contribution in [0.2, 0.25) is 0 Å². The molecule has 0 unspecified atom stereocenters. The van der Waals surface area contributed by atoms with Gasteiger partial charge in [-0.3, -0.25) is 9.59 Å². The van der Waals surface area contributed by atoms with E-state index in [0.717, 1.165) is 25.4 Å². The highest BCUT2D eigenvalue weighted by Crippen LogP contribution is 2.36. The van der Waals surface area contributed by atoms with Crippen LogP contribution in [0.3, 0.4) is 0 Å². The third kappa shape index (κ3) is 4.59. The lowest BCUT2D eigenvalue weighted by molar-refractivity contribution is -0.120. The normalized spacial score (nSPS) is 17.4. The van der Waals surface area contributed by atoms with E-state index < -0.39 is 0 Å². The number of benzene rings is 2. The quantitative estimate of drug-likeness (QED) is 0.604. The number of hydrogen-bond donors (Lipinski definition) is 0. The van der Waals surface area contributed by atoms with Gasteiger partial charge >= 0.3 is 0 Å². The second kappa shape index (κ2) is 9.67. The molecule has 0 spiro atoms. The maximum atomic E-state index is 13.7. The summed E-state index contributed by atoms with van der Waals surface area (Å²) in [5, 5.41) is 0. The summed E-state index contributed by atoms with van der Waals surface area (Å²) < 4.78 is 11.0. The molecule has 2 aromatic carbocycles. The standard InChI is InChI=1S/C26H31N3O4/c1-5-27-14-16-28(17-15-27)24-23(19-6-10-22(11-7-19)33-18(2)3)25(30)29(26(24)31)20-8-12-21(32-4)13-9-20/h6-13,18H,5,14-17H2,1-4H3. The summed E-state index contributed by atoms with van der Waals surface area (Å²) in [5.41, 5.74) is 2.17. The predicted molar refractivity (Wildman–Crippen MR) is 128 cm³/mol. The van der Waals surface area contributed by atoms with Crippen molar-refractivity contribution in [3.05, 3.63) is 59.8 Å². The van der Waals surface area contributed by atoms with Crippen LogP contribution in [0.5, 0.6) is 11.5 Å². The number of imide groups is 1. The number of likely N-dealkylation sites (N-methyl/N-ethyl adjacent to an activating group) is 1. The van der Waals surface area contributed by atoms with Crippen LogP contribution in [0.1, 0.15) is 26.3 Å². The van der Waals surface area contributed by atoms with Gasteiger partial charge in [0.1, 0.15) is 17.2 Å². The zero-order valence-corrected chi connectivity index (χ0v) is 19.7. The molecule has 0 saturated carbocycles. The smallest absolute Gasteiger partial charge is 0.282 e. The fraction of sp³-hybridized carbons (Fsp3) is 0.385. The Balaban J connectivity index is 1.72. The Bertz CT molecular complexity index is 1040.